The zero-order valence-corrected chi connectivity index (χ0v) is 8.63. The van der Waals surface area contributed by atoms with Gasteiger partial charge in [-0.25, -0.2) is 0 Å². The Labute approximate surface area is 92.3 Å². The van der Waals surface area contributed by atoms with E-state index in [-0.39, 0.29) is 42.0 Å². The first-order valence-corrected chi connectivity index (χ1v) is 5.41. The molecule has 1 saturated heterocycles. The Morgan fingerprint density at radius 2 is 1.75 bits per heavy atom. The minimum atomic E-state index is -0.637. The van der Waals surface area contributed by atoms with Gasteiger partial charge in [0.2, 0.25) is 17.7 Å². The van der Waals surface area contributed by atoms with Crippen LogP contribution in [0, 0.1) is 23.7 Å². The van der Waals surface area contributed by atoms with Gasteiger partial charge < -0.3 is 5.73 Å². The maximum Gasteiger partial charge on any atom is 0.237 e. The summed E-state index contributed by atoms with van der Waals surface area (Å²) in [5, 5.41) is 0. The summed E-state index contributed by atoms with van der Waals surface area (Å²) in [6, 6.07) is 0. The van der Waals surface area contributed by atoms with Gasteiger partial charge in [-0.1, -0.05) is 12.2 Å². The highest BCUT2D eigenvalue weighted by atomic mass is 16.2. The quantitative estimate of drug-likeness (QED) is 0.492. The summed E-state index contributed by atoms with van der Waals surface area (Å²) >= 11 is 0. The molecule has 2 bridgehead atoms. The first kappa shape index (κ1) is 9.57. The number of nitrogens with zero attached hydrogens (tertiary/aromatic N) is 1. The Bertz CT molecular complexity index is 399. The summed E-state index contributed by atoms with van der Waals surface area (Å²) < 4.78 is 0. The van der Waals surface area contributed by atoms with Crippen LogP contribution < -0.4 is 5.73 Å². The standard InChI is InChI=1S/C11H12N2O3/c12-7(14)4-13-10(15)8-5-1-2-6(3-5)9(8)11(13)16/h1-2,5-6,8-9H,3-4H2,(H2,12,14)/t5-,6+,8-,9-/m0/s1. The van der Waals surface area contributed by atoms with Crippen molar-refractivity contribution in [3.05, 3.63) is 12.2 Å². The van der Waals surface area contributed by atoms with Gasteiger partial charge in [-0.2, -0.15) is 0 Å². The molecular weight excluding hydrogens is 208 g/mol. The van der Waals surface area contributed by atoms with Crippen molar-refractivity contribution in [2.24, 2.45) is 29.4 Å². The molecule has 0 spiro atoms. The number of hydrogen-bond acceptors (Lipinski definition) is 3. The summed E-state index contributed by atoms with van der Waals surface area (Å²) in [6.45, 7) is -0.274. The molecule has 2 N–H and O–H groups in total. The molecule has 0 radical (unpaired) electrons. The minimum Gasteiger partial charge on any atom is -0.368 e. The number of likely N-dealkylation sites (tertiary alicyclic amines) is 1. The Kier molecular flexibility index (Phi) is 1.75. The van der Waals surface area contributed by atoms with E-state index in [1.54, 1.807) is 0 Å². The van der Waals surface area contributed by atoms with Gasteiger partial charge in [0.15, 0.2) is 0 Å². The summed E-state index contributed by atoms with van der Waals surface area (Å²) in [5.74, 6) is -1.17. The topological polar surface area (TPSA) is 80.5 Å². The van der Waals surface area contributed by atoms with Gasteiger partial charge in [-0.15, -0.1) is 0 Å². The van der Waals surface area contributed by atoms with Gasteiger partial charge in [0.25, 0.3) is 0 Å². The van der Waals surface area contributed by atoms with Gasteiger partial charge in [-0.3, -0.25) is 19.3 Å². The fourth-order valence-corrected chi connectivity index (χ4v) is 3.28. The molecule has 3 rings (SSSR count). The Morgan fingerprint density at radius 1 is 1.25 bits per heavy atom. The molecule has 3 aliphatic rings. The van der Waals surface area contributed by atoms with Crippen molar-refractivity contribution < 1.29 is 14.4 Å². The molecule has 3 amide bonds. The van der Waals surface area contributed by atoms with Gasteiger partial charge in [0, 0.05) is 0 Å². The molecule has 1 aliphatic heterocycles. The van der Waals surface area contributed by atoms with Gasteiger partial charge >= 0.3 is 0 Å². The summed E-state index contributed by atoms with van der Waals surface area (Å²) in [7, 11) is 0. The fourth-order valence-electron chi connectivity index (χ4n) is 3.28. The molecule has 2 fully saturated rings. The van der Waals surface area contributed by atoms with E-state index in [2.05, 4.69) is 0 Å². The van der Waals surface area contributed by atoms with Crippen LogP contribution in [0.2, 0.25) is 0 Å². The molecule has 1 heterocycles. The van der Waals surface area contributed by atoms with E-state index in [4.69, 9.17) is 5.73 Å². The second-order valence-corrected chi connectivity index (χ2v) is 4.73. The number of hydrogen-bond donors (Lipinski definition) is 1. The zero-order valence-electron chi connectivity index (χ0n) is 8.63. The molecule has 1 saturated carbocycles. The van der Waals surface area contributed by atoms with Crippen molar-refractivity contribution in [3.8, 4) is 0 Å². The number of imide groups is 1. The maximum atomic E-state index is 12.0. The van der Waals surface area contributed by atoms with E-state index < -0.39 is 5.91 Å². The van der Waals surface area contributed by atoms with Crippen LogP contribution in [0.4, 0.5) is 0 Å². The van der Waals surface area contributed by atoms with Crippen molar-refractivity contribution >= 4 is 17.7 Å². The third kappa shape index (κ3) is 1.03. The van der Waals surface area contributed by atoms with Gasteiger partial charge in [-0.05, 0) is 18.3 Å². The van der Waals surface area contributed by atoms with Crippen molar-refractivity contribution in [2.75, 3.05) is 6.54 Å². The van der Waals surface area contributed by atoms with Crippen LogP contribution in [0.25, 0.3) is 0 Å². The minimum absolute atomic E-state index is 0.185. The average molecular weight is 220 g/mol. The molecule has 84 valence electrons. The molecule has 0 unspecified atom stereocenters. The van der Waals surface area contributed by atoms with Crippen LogP contribution in [0.15, 0.2) is 12.2 Å². The maximum absolute atomic E-state index is 12.0. The van der Waals surface area contributed by atoms with E-state index in [0.29, 0.717) is 0 Å². The van der Waals surface area contributed by atoms with E-state index in [9.17, 15) is 14.4 Å². The van der Waals surface area contributed by atoms with Crippen LogP contribution >= 0.6 is 0 Å². The number of fused-ring (bicyclic) bond motifs is 5. The predicted molar refractivity (Wildman–Crippen MR) is 53.6 cm³/mol. The Morgan fingerprint density at radius 3 is 2.19 bits per heavy atom. The molecule has 2 aliphatic carbocycles. The molecular formula is C11H12N2O3. The second kappa shape index (κ2) is 2.93. The van der Waals surface area contributed by atoms with Crippen LogP contribution in [-0.4, -0.2) is 29.2 Å². The summed E-state index contributed by atoms with van der Waals surface area (Å²) in [4.78, 5) is 35.8. The molecule has 5 heteroatoms. The number of rotatable bonds is 2. The lowest BCUT2D eigenvalue weighted by molar-refractivity contribution is -0.143. The normalized spacial score (nSPS) is 39.6. The van der Waals surface area contributed by atoms with Crippen molar-refractivity contribution in [1.29, 1.82) is 0 Å². The first-order valence-electron chi connectivity index (χ1n) is 5.41. The monoisotopic (exact) mass is 220 g/mol. The third-order valence-electron chi connectivity index (χ3n) is 3.88. The lowest BCUT2D eigenvalue weighted by Gasteiger charge is -2.14. The van der Waals surface area contributed by atoms with E-state index in [1.165, 1.54) is 0 Å². The Hall–Kier alpha value is -1.65. The largest absolute Gasteiger partial charge is 0.368 e. The third-order valence-corrected chi connectivity index (χ3v) is 3.88. The predicted octanol–water partition coefficient (Wildman–Crippen LogP) is -0.721. The van der Waals surface area contributed by atoms with E-state index in [1.807, 2.05) is 12.2 Å². The lowest BCUT2D eigenvalue weighted by atomic mass is 9.85. The van der Waals surface area contributed by atoms with Crippen LogP contribution in [0.5, 0.6) is 0 Å². The molecule has 5 nitrogen and oxygen atoms in total. The summed E-state index contributed by atoms with van der Waals surface area (Å²) in [6.07, 6.45) is 4.94. The van der Waals surface area contributed by atoms with Gasteiger partial charge in [0.1, 0.15) is 6.54 Å². The Balaban J connectivity index is 1.91. The molecule has 0 aromatic heterocycles. The highest BCUT2D eigenvalue weighted by Crippen LogP contribution is 2.52. The van der Waals surface area contributed by atoms with Crippen LogP contribution in [-0.2, 0) is 14.4 Å². The van der Waals surface area contributed by atoms with Crippen molar-refractivity contribution in [1.82, 2.24) is 4.90 Å². The number of carbonyl (C=O) groups excluding carboxylic acids is 3. The number of allylic oxidation sites excluding steroid dienone is 2. The number of primary amides is 1. The van der Waals surface area contributed by atoms with Crippen LogP contribution in [0.3, 0.4) is 0 Å². The molecule has 4 atom stereocenters. The van der Waals surface area contributed by atoms with Crippen molar-refractivity contribution in [3.63, 3.8) is 0 Å². The zero-order chi connectivity index (χ0) is 11.4. The number of amides is 3. The molecule has 16 heavy (non-hydrogen) atoms. The highest BCUT2D eigenvalue weighted by Gasteiger charge is 2.59. The average Bonchev–Trinajstić information content (AvgIpc) is 2.87. The van der Waals surface area contributed by atoms with E-state index >= 15 is 0 Å². The van der Waals surface area contributed by atoms with Crippen LogP contribution in [0.1, 0.15) is 6.42 Å². The number of carbonyl (C=O) groups is 3. The second-order valence-electron chi connectivity index (χ2n) is 4.73. The first-order chi connectivity index (χ1) is 7.59. The number of nitrogens with two attached hydrogens (primary N) is 1. The summed E-state index contributed by atoms with van der Waals surface area (Å²) in [5.41, 5.74) is 5.03. The van der Waals surface area contributed by atoms with E-state index in [0.717, 1.165) is 11.3 Å². The molecule has 0 aromatic rings. The SMILES string of the molecule is NC(=O)CN1C(=O)[C@@H]2[C@@H](C1=O)[C@H]1C=C[C@@H]2C1. The van der Waals surface area contributed by atoms with Gasteiger partial charge in [0.05, 0.1) is 11.8 Å². The lowest BCUT2D eigenvalue weighted by Crippen LogP contribution is -2.39. The fraction of sp³-hybridized carbons (Fsp3) is 0.545. The smallest absolute Gasteiger partial charge is 0.237 e. The van der Waals surface area contributed by atoms with Crippen molar-refractivity contribution in [2.45, 2.75) is 6.42 Å². The molecule has 0 aromatic carbocycles. The highest BCUT2D eigenvalue weighted by molar-refractivity contribution is 6.08.